The van der Waals surface area contributed by atoms with Gasteiger partial charge in [0.15, 0.2) is 11.7 Å². The van der Waals surface area contributed by atoms with Crippen LogP contribution in [0.5, 0.6) is 5.88 Å². The Morgan fingerprint density at radius 2 is 2.04 bits per heavy atom. The highest BCUT2D eigenvalue weighted by Crippen LogP contribution is 2.14. The molecule has 0 amide bonds. The summed E-state index contributed by atoms with van der Waals surface area (Å²) in [7, 11) is 0. The van der Waals surface area contributed by atoms with Crippen LogP contribution >= 0.6 is 0 Å². The third-order valence-electron chi connectivity index (χ3n) is 3.73. The van der Waals surface area contributed by atoms with Gasteiger partial charge in [0, 0.05) is 25.6 Å². The number of nitrogens with two attached hydrogens (primary N) is 2. The summed E-state index contributed by atoms with van der Waals surface area (Å²) in [5.41, 5.74) is 11.7. The van der Waals surface area contributed by atoms with Crippen molar-refractivity contribution in [3.05, 3.63) is 23.9 Å². The molecule has 2 rings (SSSR count). The fourth-order valence-electron chi connectivity index (χ4n) is 2.50. The maximum Gasteiger partial charge on any atom is 0.213 e. The molecule has 1 aromatic heterocycles. The van der Waals surface area contributed by atoms with Gasteiger partial charge in [0.1, 0.15) is 0 Å². The quantitative estimate of drug-likeness (QED) is 0.396. The molecule has 1 aliphatic heterocycles. The Morgan fingerprint density at radius 3 is 2.78 bits per heavy atom. The lowest BCUT2D eigenvalue weighted by molar-refractivity contribution is 0.217. The van der Waals surface area contributed by atoms with Gasteiger partial charge in [0.2, 0.25) is 5.88 Å². The van der Waals surface area contributed by atoms with Gasteiger partial charge in [-0.3, -0.25) is 15.3 Å². The largest absolute Gasteiger partial charge is 0.478 e. The molecule has 7 nitrogen and oxygen atoms in total. The van der Waals surface area contributed by atoms with Crippen molar-refractivity contribution in [1.82, 2.24) is 9.88 Å². The number of nitrogens with zero attached hydrogens (tertiary/aromatic N) is 3. The third kappa shape index (κ3) is 6.23. The zero-order valence-electron chi connectivity index (χ0n) is 13.5. The van der Waals surface area contributed by atoms with Crippen molar-refractivity contribution in [3.63, 3.8) is 0 Å². The Bertz CT molecular complexity index is 539. The van der Waals surface area contributed by atoms with E-state index in [0.29, 0.717) is 25.5 Å². The van der Waals surface area contributed by atoms with E-state index in [4.69, 9.17) is 21.6 Å². The molecular formula is C16H26N6O. The SMILES string of the molecule is N=C(N)C(N)=NCCCOc1cccc(CN2CCCCC2)n1. The van der Waals surface area contributed by atoms with Crippen LogP contribution in [-0.4, -0.2) is 47.8 Å². The van der Waals surface area contributed by atoms with Gasteiger partial charge in [-0.25, -0.2) is 4.98 Å². The van der Waals surface area contributed by atoms with E-state index in [0.717, 1.165) is 25.3 Å². The lowest BCUT2D eigenvalue weighted by atomic mass is 10.1. The molecule has 2 heterocycles. The highest BCUT2D eigenvalue weighted by Gasteiger charge is 2.11. The molecule has 0 radical (unpaired) electrons. The summed E-state index contributed by atoms with van der Waals surface area (Å²) in [5, 5.41) is 7.12. The first-order valence-corrected chi connectivity index (χ1v) is 8.10. The molecular weight excluding hydrogens is 292 g/mol. The average molecular weight is 318 g/mol. The van der Waals surface area contributed by atoms with Crippen molar-refractivity contribution in [2.24, 2.45) is 16.5 Å². The fourth-order valence-corrected chi connectivity index (χ4v) is 2.50. The zero-order valence-corrected chi connectivity index (χ0v) is 13.5. The number of pyridine rings is 1. The molecule has 0 aromatic carbocycles. The number of nitrogens with one attached hydrogen (secondary N) is 1. The van der Waals surface area contributed by atoms with E-state index in [2.05, 4.69) is 14.9 Å². The number of aromatic nitrogens is 1. The van der Waals surface area contributed by atoms with E-state index in [1.807, 2.05) is 18.2 Å². The molecule has 0 atom stereocenters. The van der Waals surface area contributed by atoms with Crippen LogP contribution in [0.15, 0.2) is 23.2 Å². The monoisotopic (exact) mass is 318 g/mol. The fraction of sp³-hybridized carbons (Fsp3) is 0.562. The van der Waals surface area contributed by atoms with Crippen molar-refractivity contribution in [2.45, 2.75) is 32.2 Å². The van der Waals surface area contributed by atoms with E-state index in [1.165, 1.54) is 19.3 Å². The molecule has 0 unspecified atom stereocenters. The second kappa shape index (κ2) is 9.09. The Hall–Kier alpha value is -2.15. The van der Waals surface area contributed by atoms with E-state index in [-0.39, 0.29) is 11.7 Å². The molecule has 126 valence electrons. The Balaban J connectivity index is 1.74. The minimum atomic E-state index is -0.196. The van der Waals surface area contributed by atoms with Crippen molar-refractivity contribution < 1.29 is 4.74 Å². The minimum absolute atomic E-state index is 0.0756. The van der Waals surface area contributed by atoms with Gasteiger partial charge in [-0.15, -0.1) is 0 Å². The van der Waals surface area contributed by atoms with Gasteiger partial charge < -0.3 is 16.2 Å². The van der Waals surface area contributed by atoms with Crippen molar-refractivity contribution in [1.29, 1.82) is 5.41 Å². The first-order valence-electron chi connectivity index (χ1n) is 8.10. The second-order valence-electron chi connectivity index (χ2n) is 5.69. The summed E-state index contributed by atoms with van der Waals surface area (Å²) in [5.74, 6) is 0.521. The van der Waals surface area contributed by atoms with Crippen LogP contribution in [-0.2, 0) is 6.54 Å². The summed E-state index contributed by atoms with van der Waals surface area (Å²) in [6.45, 7) is 4.19. The van der Waals surface area contributed by atoms with Gasteiger partial charge in [-0.1, -0.05) is 12.5 Å². The number of rotatable bonds is 7. The molecule has 1 fully saturated rings. The zero-order chi connectivity index (χ0) is 16.5. The van der Waals surface area contributed by atoms with Gasteiger partial charge in [-0.05, 0) is 32.0 Å². The number of piperidine rings is 1. The third-order valence-corrected chi connectivity index (χ3v) is 3.73. The molecule has 0 aliphatic carbocycles. The smallest absolute Gasteiger partial charge is 0.213 e. The van der Waals surface area contributed by atoms with Crippen molar-refractivity contribution in [3.8, 4) is 5.88 Å². The Morgan fingerprint density at radius 1 is 1.26 bits per heavy atom. The number of hydrogen-bond acceptors (Lipinski definition) is 5. The second-order valence-corrected chi connectivity index (χ2v) is 5.69. The number of aliphatic imine (C=N–C) groups is 1. The standard InChI is InChI=1S/C16H26N6O/c17-15(18)16(19)20-8-5-11-23-14-7-4-6-13(21-14)12-22-9-2-1-3-10-22/h4,6-7H,1-3,5,8-12H2,(H3,17,18)(H2,19,20). The molecule has 0 spiro atoms. The molecule has 7 heteroatoms. The summed E-state index contributed by atoms with van der Waals surface area (Å²) < 4.78 is 5.65. The lowest BCUT2D eigenvalue weighted by Gasteiger charge is -2.25. The molecule has 23 heavy (non-hydrogen) atoms. The maximum atomic E-state index is 7.12. The van der Waals surface area contributed by atoms with Gasteiger partial charge in [0.05, 0.1) is 12.3 Å². The highest BCUT2D eigenvalue weighted by atomic mass is 16.5. The first kappa shape index (κ1) is 17.2. The summed E-state index contributed by atoms with van der Waals surface area (Å²) >= 11 is 0. The van der Waals surface area contributed by atoms with E-state index >= 15 is 0 Å². The molecule has 1 aromatic rings. The van der Waals surface area contributed by atoms with Crippen LogP contribution in [0.25, 0.3) is 0 Å². The van der Waals surface area contributed by atoms with Crippen LogP contribution in [0, 0.1) is 5.41 Å². The maximum absolute atomic E-state index is 7.12. The van der Waals surface area contributed by atoms with Crippen LogP contribution < -0.4 is 16.2 Å². The predicted molar refractivity (Wildman–Crippen MR) is 91.9 cm³/mol. The van der Waals surface area contributed by atoms with Crippen LogP contribution in [0.3, 0.4) is 0 Å². The molecule has 5 N–H and O–H groups in total. The van der Waals surface area contributed by atoms with Crippen molar-refractivity contribution in [2.75, 3.05) is 26.2 Å². The van der Waals surface area contributed by atoms with Crippen LogP contribution in [0.4, 0.5) is 0 Å². The molecule has 1 saturated heterocycles. The minimum Gasteiger partial charge on any atom is -0.478 e. The van der Waals surface area contributed by atoms with Gasteiger partial charge in [-0.2, -0.15) is 0 Å². The molecule has 0 saturated carbocycles. The first-order chi connectivity index (χ1) is 11.1. The lowest BCUT2D eigenvalue weighted by Crippen LogP contribution is -2.30. The topological polar surface area (TPSA) is 114 Å². The number of amidine groups is 2. The van der Waals surface area contributed by atoms with Gasteiger partial charge in [0.25, 0.3) is 0 Å². The highest BCUT2D eigenvalue weighted by molar-refractivity contribution is 6.37. The number of likely N-dealkylation sites (tertiary alicyclic amines) is 1. The Labute approximate surface area is 137 Å². The predicted octanol–water partition coefficient (Wildman–Crippen LogP) is 1.13. The normalized spacial score (nSPS) is 16.3. The average Bonchev–Trinajstić information content (AvgIpc) is 2.55. The summed E-state index contributed by atoms with van der Waals surface area (Å²) in [6.07, 6.45) is 4.59. The van der Waals surface area contributed by atoms with Gasteiger partial charge >= 0.3 is 0 Å². The number of ether oxygens (including phenoxy) is 1. The summed E-state index contributed by atoms with van der Waals surface area (Å²) in [4.78, 5) is 11.0. The van der Waals surface area contributed by atoms with Crippen molar-refractivity contribution >= 4 is 11.7 Å². The van der Waals surface area contributed by atoms with Crippen LogP contribution in [0.1, 0.15) is 31.4 Å². The molecule has 1 aliphatic rings. The van der Waals surface area contributed by atoms with Crippen LogP contribution in [0.2, 0.25) is 0 Å². The number of hydrogen-bond donors (Lipinski definition) is 3. The van der Waals surface area contributed by atoms with E-state index < -0.39 is 0 Å². The Kier molecular flexibility index (Phi) is 6.80. The molecule has 0 bridgehead atoms. The van der Waals surface area contributed by atoms with E-state index in [9.17, 15) is 0 Å². The summed E-state index contributed by atoms with van der Waals surface area (Å²) in [6, 6.07) is 5.89. The van der Waals surface area contributed by atoms with E-state index in [1.54, 1.807) is 0 Å².